The first kappa shape index (κ1) is 22.0. The minimum Gasteiger partial charge on any atom is -0.497 e. The van der Waals surface area contributed by atoms with E-state index in [4.69, 9.17) is 18.9 Å². The van der Waals surface area contributed by atoms with Crippen LogP contribution in [-0.2, 0) is 9.59 Å². The first-order valence-corrected chi connectivity index (χ1v) is 10.1. The molecule has 0 spiro atoms. The van der Waals surface area contributed by atoms with Crippen LogP contribution in [0.3, 0.4) is 0 Å². The maximum Gasteiger partial charge on any atom is 0.251 e. The van der Waals surface area contributed by atoms with Crippen molar-refractivity contribution < 1.29 is 28.5 Å². The van der Waals surface area contributed by atoms with Crippen molar-refractivity contribution in [3.63, 3.8) is 0 Å². The molecule has 10 nitrogen and oxygen atoms in total. The second-order valence-corrected chi connectivity index (χ2v) is 7.24. The number of nitrogens with one attached hydrogen (secondary N) is 2. The van der Waals surface area contributed by atoms with Crippen LogP contribution in [0.2, 0.25) is 0 Å². The molecule has 2 N–H and O–H groups in total. The van der Waals surface area contributed by atoms with Gasteiger partial charge in [0, 0.05) is 11.6 Å². The van der Waals surface area contributed by atoms with Crippen LogP contribution in [0.5, 0.6) is 23.0 Å². The van der Waals surface area contributed by atoms with Crippen molar-refractivity contribution in [3.8, 4) is 34.1 Å². The molecule has 3 aromatic rings. The SMILES string of the molecule is COc1ccc(OC)c(NC(=O)CC2C(=O)Nc3c(-c4ccc(OC)c(OC)c4)cnn32)c1. The molecule has 10 heteroatoms. The lowest BCUT2D eigenvalue weighted by atomic mass is 10.1. The third-order valence-corrected chi connectivity index (χ3v) is 5.39. The molecule has 172 valence electrons. The highest BCUT2D eigenvalue weighted by Crippen LogP contribution is 2.39. The summed E-state index contributed by atoms with van der Waals surface area (Å²) in [5.74, 6) is 2.04. The number of amides is 2. The van der Waals surface area contributed by atoms with Crippen LogP contribution in [-0.4, -0.2) is 50.0 Å². The number of carbonyl (C=O) groups excluding carboxylic acids is 2. The van der Waals surface area contributed by atoms with Gasteiger partial charge in [-0.15, -0.1) is 0 Å². The molecule has 1 aliphatic rings. The number of benzene rings is 2. The van der Waals surface area contributed by atoms with Crippen LogP contribution < -0.4 is 29.6 Å². The highest BCUT2D eigenvalue weighted by Gasteiger charge is 2.35. The second kappa shape index (κ2) is 9.11. The molecule has 0 fully saturated rings. The lowest BCUT2D eigenvalue weighted by Crippen LogP contribution is -2.23. The van der Waals surface area contributed by atoms with Gasteiger partial charge in [0.1, 0.15) is 23.4 Å². The maximum atomic E-state index is 12.8. The smallest absolute Gasteiger partial charge is 0.251 e. The molecule has 2 amide bonds. The van der Waals surface area contributed by atoms with E-state index in [2.05, 4.69) is 15.7 Å². The van der Waals surface area contributed by atoms with Crippen LogP contribution in [0.4, 0.5) is 11.5 Å². The van der Waals surface area contributed by atoms with Crippen molar-refractivity contribution in [1.82, 2.24) is 9.78 Å². The summed E-state index contributed by atoms with van der Waals surface area (Å²) < 4.78 is 22.7. The highest BCUT2D eigenvalue weighted by atomic mass is 16.5. The summed E-state index contributed by atoms with van der Waals surface area (Å²) in [4.78, 5) is 25.4. The number of rotatable bonds is 8. The Kier molecular flexibility index (Phi) is 6.07. The standard InChI is InChI=1S/C23H24N4O6/c1-30-14-6-8-18(31-2)16(10-14)25-21(28)11-17-23(29)26-22-15(12-24-27(17)22)13-5-7-19(32-3)20(9-13)33-4/h5-10,12,17H,11H2,1-4H3,(H,25,28)(H,26,29). The lowest BCUT2D eigenvalue weighted by molar-refractivity contribution is -0.123. The Morgan fingerprint density at radius 1 is 1.00 bits per heavy atom. The Balaban J connectivity index is 1.56. The van der Waals surface area contributed by atoms with Gasteiger partial charge < -0.3 is 29.6 Å². The fourth-order valence-electron chi connectivity index (χ4n) is 3.72. The van der Waals surface area contributed by atoms with Crippen molar-refractivity contribution in [2.24, 2.45) is 0 Å². The van der Waals surface area contributed by atoms with E-state index in [1.54, 1.807) is 50.7 Å². The van der Waals surface area contributed by atoms with Gasteiger partial charge in [0.05, 0.1) is 46.7 Å². The number of methoxy groups -OCH3 is 4. The molecule has 2 heterocycles. The average Bonchev–Trinajstić information content (AvgIpc) is 3.37. The fraction of sp³-hybridized carbons (Fsp3) is 0.261. The van der Waals surface area contributed by atoms with Crippen molar-refractivity contribution in [3.05, 3.63) is 42.6 Å². The number of hydrogen-bond acceptors (Lipinski definition) is 7. The topological polar surface area (TPSA) is 113 Å². The van der Waals surface area contributed by atoms with Gasteiger partial charge in [-0.1, -0.05) is 6.07 Å². The van der Waals surface area contributed by atoms with E-state index in [-0.39, 0.29) is 18.2 Å². The molecule has 1 unspecified atom stereocenters. The molecular formula is C23H24N4O6. The quantitative estimate of drug-likeness (QED) is 0.540. The predicted octanol–water partition coefficient (Wildman–Crippen LogP) is 3.11. The summed E-state index contributed by atoms with van der Waals surface area (Å²) in [6, 6.07) is 9.72. The number of aromatic nitrogens is 2. The van der Waals surface area contributed by atoms with Crippen molar-refractivity contribution >= 4 is 23.3 Å². The van der Waals surface area contributed by atoms with Gasteiger partial charge in [0.2, 0.25) is 5.91 Å². The molecule has 0 saturated carbocycles. The second-order valence-electron chi connectivity index (χ2n) is 7.24. The summed E-state index contributed by atoms with van der Waals surface area (Å²) in [5, 5.41) is 9.98. The monoisotopic (exact) mass is 452 g/mol. The average molecular weight is 452 g/mol. The van der Waals surface area contributed by atoms with Gasteiger partial charge in [-0.05, 0) is 29.8 Å². The van der Waals surface area contributed by atoms with Gasteiger partial charge in [0.15, 0.2) is 11.5 Å². The molecule has 33 heavy (non-hydrogen) atoms. The number of carbonyl (C=O) groups is 2. The maximum absolute atomic E-state index is 12.8. The number of nitrogens with zero attached hydrogens (tertiary/aromatic N) is 2. The van der Waals surface area contributed by atoms with Gasteiger partial charge in [-0.3, -0.25) is 9.59 Å². The summed E-state index contributed by atoms with van der Waals surface area (Å²) in [6.45, 7) is 0. The number of fused-ring (bicyclic) bond motifs is 1. The Labute approximate surface area is 190 Å². The predicted molar refractivity (Wildman–Crippen MR) is 121 cm³/mol. The van der Waals surface area contributed by atoms with Gasteiger partial charge in [0.25, 0.3) is 5.91 Å². The van der Waals surface area contributed by atoms with E-state index >= 15 is 0 Å². The van der Waals surface area contributed by atoms with Crippen LogP contribution in [0.1, 0.15) is 12.5 Å². The minimum absolute atomic E-state index is 0.105. The number of hydrogen-bond donors (Lipinski definition) is 2. The molecule has 1 aromatic heterocycles. The van der Waals surface area contributed by atoms with Crippen molar-refractivity contribution in [1.29, 1.82) is 0 Å². The molecule has 1 atom stereocenters. The summed E-state index contributed by atoms with van der Waals surface area (Å²) >= 11 is 0. The third-order valence-electron chi connectivity index (χ3n) is 5.39. The number of anilines is 2. The van der Waals surface area contributed by atoms with Crippen LogP contribution in [0, 0.1) is 0 Å². The lowest BCUT2D eigenvalue weighted by Gasteiger charge is -2.13. The molecule has 0 radical (unpaired) electrons. The van der Waals surface area contributed by atoms with Crippen LogP contribution >= 0.6 is 0 Å². The van der Waals surface area contributed by atoms with E-state index in [9.17, 15) is 9.59 Å². The van der Waals surface area contributed by atoms with Crippen molar-refractivity contribution in [2.45, 2.75) is 12.5 Å². The van der Waals surface area contributed by atoms with Gasteiger partial charge in [-0.25, -0.2) is 4.68 Å². The Bertz CT molecular complexity index is 1210. The largest absolute Gasteiger partial charge is 0.497 e. The molecule has 0 saturated heterocycles. The van der Waals surface area contributed by atoms with Crippen molar-refractivity contribution in [2.75, 3.05) is 39.1 Å². The zero-order valence-electron chi connectivity index (χ0n) is 18.7. The van der Waals surface area contributed by atoms with E-state index in [1.165, 1.54) is 18.9 Å². The Morgan fingerprint density at radius 3 is 2.42 bits per heavy atom. The third kappa shape index (κ3) is 4.14. The minimum atomic E-state index is -0.787. The zero-order chi connectivity index (χ0) is 23.5. The first-order chi connectivity index (χ1) is 16.0. The number of ether oxygens (including phenoxy) is 4. The van der Waals surface area contributed by atoms with E-state index in [0.29, 0.717) is 40.1 Å². The van der Waals surface area contributed by atoms with Gasteiger partial charge in [-0.2, -0.15) is 5.10 Å². The first-order valence-electron chi connectivity index (χ1n) is 10.1. The zero-order valence-corrected chi connectivity index (χ0v) is 18.7. The van der Waals surface area contributed by atoms with Crippen LogP contribution in [0.15, 0.2) is 42.6 Å². The Morgan fingerprint density at radius 2 is 1.73 bits per heavy atom. The van der Waals surface area contributed by atoms with E-state index in [0.717, 1.165) is 5.56 Å². The summed E-state index contributed by atoms with van der Waals surface area (Å²) in [5.41, 5.74) is 1.95. The molecular weight excluding hydrogens is 428 g/mol. The highest BCUT2D eigenvalue weighted by molar-refractivity contribution is 6.04. The fourth-order valence-corrected chi connectivity index (χ4v) is 3.72. The van der Waals surface area contributed by atoms with Gasteiger partial charge >= 0.3 is 0 Å². The normalized spacial score (nSPS) is 14.3. The summed E-state index contributed by atoms with van der Waals surface area (Å²) in [6.07, 6.45) is 1.54. The molecule has 2 aromatic carbocycles. The summed E-state index contributed by atoms with van der Waals surface area (Å²) in [7, 11) is 6.16. The van der Waals surface area contributed by atoms with E-state index in [1.807, 2.05) is 6.07 Å². The molecule has 0 bridgehead atoms. The molecule has 4 rings (SSSR count). The van der Waals surface area contributed by atoms with E-state index < -0.39 is 6.04 Å². The molecule has 1 aliphatic heterocycles. The molecule has 0 aliphatic carbocycles. The van der Waals surface area contributed by atoms with Crippen LogP contribution in [0.25, 0.3) is 11.1 Å². The Hall–Kier alpha value is -4.21.